The fourth-order valence-corrected chi connectivity index (χ4v) is 6.35. The lowest BCUT2D eigenvalue weighted by molar-refractivity contribution is -0.155. The first-order chi connectivity index (χ1) is 30.8. The normalized spacial score (nSPS) is 12.8. The van der Waals surface area contributed by atoms with Crippen LogP contribution in [0.5, 0.6) is 0 Å². The van der Waals surface area contributed by atoms with E-state index in [1.54, 1.807) is 79.8 Å². The van der Waals surface area contributed by atoms with Gasteiger partial charge in [-0.15, -0.1) is 0 Å². The Labute approximate surface area is 416 Å². The summed E-state index contributed by atoms with van der Waals surface area (Å²) >= 11 is 0. The SMILES string of the molecule is CC(=O)N(C(=O)C(C)(C)C)C(C)(C)C.CC(=O)N(C)C(=O)C(C)(C)C.CCC(=O)N(CC)C(=O)C(C)(C)C.CN(C(=O)C1CCCC1)C(=O)C(C)(C)C.CN(C(=O)c1ccccc1)C(=O)C(C)(C)C. The first-order valence-corrected chi connectivity index (χ1v) is 23.9. The van der Waals surface area contributed by atoms with Crippen LogP contribution in [0, 0.1) is 33.0 Å². The summed E-state index contributed by atoms with van der Waals surface area (Å²) in [5.74, 6) is -1.32. The van der Waals surface area contributed by atoms with Crippen molar-refractivity contribution in [1.82, 2.24) is 24.5 Å². The minimum atomic E-state index is -0.542. The summed E-state index contributed by atoms with van der Waals surface area (Å²) in [5, 5.41) is 0. The molecule has 0 aromatic heterocycles. The van der Waals surface area contributed by atoms with Crippen molar-refractivity contribution in [2.45, 2.75) is 190 Å². The summed E-state index contributed by atoms with van der Waals surface area (Å²) < 4.78 is 0. The van der Waals surface area contributed by atoms with E-state index in [1.165, 1.54) is 47.5 Å². The van der Waals surface area contributed by atoms with E-state index in [2.05, 4.69) is 0 Å². The average Bonchev–Trinajstić information content (AvgIpc) is 3.76. The van der Waals surface area contributed by atoms with Crippen LogP contribution < -0.4 is 0 Å². The van der Waals surface area contributed by atoms with Crippen LogP contribution in [-0.2, 0) is 43.2 Å². The van der Waals surface area contributed by atoms with Crippen molar-refractivity contribution < 1.29 is 47.9 Å². The molecule has 1 aliphatic rings. The van der Waals surface area contributed by atoms with E-state index in [0.717, 1.165) is 30.6 Å². The third-order valence-corrected chi connectivity index (χ3v) is 10.3. The Kier molecular flexibility index (Phi) is 27.6. The lowest BCUT2D eigenvalue weighted by atomic mass is 9.92. The minimum absolute atomic E-state index is 0.00688. The van der Waals surface area contributed by atoms with Crippen LogP contribution in [-0.4, -0.2) is 117 Å². The van der Waals surface area contributed by atoms with Crippen LogP contribution in [0.25, 0.3) is 0 Å². The molecule has 1 fully saturated rings. The molecule has 2 rings (SSSR count). The molecule has 0 saturated heterocycles. The van der Waals surface area contributed by atoms with E-state index in [9.17, 15) is 47.9 Å². The second-order valence-electron chi connectivity index (χ2n) is 23.5. The highest BCUT2D eigenvalue weighted by Gasteiger charge is 2.37. The average molecular weight is 972 g/mol. The highest BCUT2D eigenvalue weighted by Crippen LogP contribution is 2.28. The van der Waals surface area contributed by atoms with Gasteiger partial charge in [0.15, 0.2) is 0 Å². The van der Waals surface area contributed by atoms with Gasteiger partial charge in [-0.1, -0.05) is 142 Å². The Morgan fingerprint density at radius 3 is 1.09 bits per heavy atom. The van der Waals surface area contributed by atoms with Gasteiger partial charge in [-0.2, -0.15) is 0 Å². The predicted octanol–water partition coefficient (Wildman–Crippen LogP) is 9.60. The Morgan fingerprint density at radius 2 is 0.826 bits per heavy atom. The lowest BCUT2D eigenvalue weighted by Gasteiger charge is -2.37. The number of hydrogen-bond donors (Lipinski definition) is 0. The molecule has 0 spiro atoms. The number of carbonyl (C=O) groups excluding carboxylic acids is 10. The topological polar surface area (TPSA) is 187 Å². The smallest absolute Gasteiger partial charge is 0.260 e. The summed E-state index contributed by atoms with van der Waals surface area (Å²) in [5.41, 5.74) is -2.39. The second kappa shape index (κ2) is 27.9. The van der Waals surface area contributed by atoms with E-state index in [0.29, 0.717) is 18.5 Å². The van der Waals surface area contributed by atoms with Gasteiger partial charge >= 0.3 is 0 Å². The number of amides is 10. The Hall–Kier alpha value is -5.08. The molecule has 0 bridgehead atoms. The van der Waals surface area contributed by atoms with Crippen molar-refractivity contribution >= 4 is 59.1 Å². The molecule has 0 atom stereocenters. The Bertz CT molecular complexity index is 1910. The van der Waals surface area contributed by atoms with E-state index >= 15 is 0 Å². The van der Waals surface area contributed by atoms with Crippen LogP contribution in [0.1, 0.15) is 195 Å². The quantitative estimate of drug-likeness (QED) is 0.281. The maximum absolute atomic E-state index is 12.0. The Morgan fingerprint density at radius 1 is 0.478 bits per heavy atom. The molecule has 15 nitrogen and oxygen atoms in total. The summed E-state index contributed by atoms with van der Waals surface area (Å²) in [6.07, 6.45) is 4.51. The van der Waals surface area contributed by atoms with Gasteiger partial charge in [-0.05, 0) is 52.7 Å². The summed E-state index contributed by atoms with van der Waals surface area (Å²) in [6.45, 7) is 39.6. The van der Waals surface area contributed by atoms with Crippen LogP contribution in [0.3, 0.4) is 0 Å². The van der Waals surface area contributed by atoms with Gasteiger partial charge in [-0.25, -0.2) is 0 Å². The van der Waals surface area contributed by atoms with Gasteiger partial charge in [0.05, 0.1) is 0 Å². The molecule has 0 aliphatic heterocycles. The third kappa shape index (κ3) is 24.4. The molecule has 0 unspecified atom stereocenters. The van der Waals surface area contributed by atoms with Crippen molar-refractivity contribution in [3.05, 3.63) is 35.9 Å². The number of hydrogen-bond acceptors (Lipinski definition) is 10. The first-order valence-electron chi connectivity index (χ1n) is 23.9. The molecule has 1 aromatic rings. The molecule has 394 valence electrons. The summed E-state index contributed by atoms with van der Waals surface area (Å²) in [4.78, 5) is 122. The zero-order valence-corrected chi connectivity index (χ0v) is 47.5. The van der Waals surface area contributed by atoms with Crippen molar-refractivity contribution in [2.24, 2.45) is 33.0 Å². The fourth-order valence-electron chi connectivity index (χ4n) is 6.35. The molecular weight excluding hydrogens is 879 g/mol. The molecule has 1 saturated carbocycles. The lowest BCUT2D eigenvalue weighted by Crippen LogP contribution is -2.52. The van der Waals surface area contributed by atoms with Crippen molar-refractivity contribution in [3.8, 4) is 0 Å². The van der Waals surface area contributed by atoms with Gasteiger partial charge in [0.2, 0.25) is 53.2 Å². The minimum Gasteiger partial charge on any atom is -0.286 e. The zero-order chi connectivity index (χ0) is 55.6. The third-order valence-electron chi connectivity index (χ3n) is 10.3. The molecule has 1 aromatic carbocycles. The predicted molar refractivity (Wildman–Crippen MR) is 274 cm³/mol. The fraction of sp³-hybridized carbons (Fsp3) is 0.704. The van der Waals surface area contributed by atoms with Gasteiger partial charge in [0.1, 0.15) is 0 Å². The standard InChI is InChI=1S/C13H17NO2.C12H21NO2.C11H21NO2.C10H19NO2.C8H15NO2/c1-13(2,3)12(16)14(4)11(15)10-8-6-5-7-9-10;1-12(2,3)11(15)13(4)10(14)9-7-5-6-8-9;1-8(13)12(11(5,6)7)9(14)10(2,3)4;1-6-8(12)11(7-2)9(13)10(3,4)5;1-6(10)9(5)7(11)8(2,3)4/h5-9H,1-4H3;9H,5-8H2,1-4H3;1-7H3;6-7H2,1-5H3;1-5H3. The Balaban J connectivity index is -0.000000794. The number of rotatable bonds is 4. The molecule has 0 N–H and O–H groups in total. The number of carbonyl (C=O) groups is 10. The molecule has 15 heteroatoms. The number of benzene rings is 1. The molecular formula is C54H93N5O10. The van der Waals surface area contributed by atoms with E-state index in [1.807, 2.05) is 96.1 Å². The van der Waals surface area contributed by atoms with E-state index in [4.69, 9.17) is 0 Å². The van der Waals surface area contributed by atoms with E-state index < -0.39 is 32.6 Å². The van der Waals surface area contributed by atoms with Gasteiger partial charge in [0.25, 0.3) is 5.91 Å². The molecule has 10 amide bonds. The van der Waals surface area contributed by atoms with Crippen LogP contribution in [0.4, 0.5) is 0 Å². The molecule has 0 heterocycles. The monoisotopic (exact) mass is 972 g/mol. The van der Waals surface area contributed by atoms with Crippen LogP contribution >= 0.6 is 0 Å². The number of imide groups is 5. The second-order valence-corrected chi connectivity index (χ2v) is 23.5. The zero-order valence-electron chi connectivity index (χ0n) is 47.5. The van der Waals surface area contributed by atoms with Crippen LogP contribution in [0.15, 0.2) is 30.3 Å². The van der Waals surface area contributed by atoms with Crippen molar-refractivity contribution in [3.63, 3.8) is 0 Å². The largest absolute Gasteiger partial charge is 0.286 e. The van der Waals surface area contributed by atoms with Gasteiger partial charge in [0, 0.05) is 92.1 Å². The van der Waals surface area contributed by atoms with Crippen molar-refractivity contribution in [2.75, 3.05) is 27.7 Å². The highest BCUT2D eigenvalue weighted by molar-refractivity contribution is 6.05. The summed E-state index contributed by atoms with van der Waals surface area (Å²) in [7, 11) is 4.62. The maximum atomic E-state index is 12.0. The first kappa shape index (κ1) is 68.2. The maximum Gasteiger partial charge on any atom is 0.260 e. The number of nitrogens with zero attached hydrogens (tertiary/aromatic N) is 5. The van der Waals surface area contributed by atoms with E-state index in [-0.39, 0.29) is 65.0 Å². The molecule has 69 heavy (non-hydrogen) atoms. The summed E-state index contributed by atoms with van der Waals surface area (Å²) in [6, 6.07) is 8.80. The van der Waals surface area contributed by atoms with Crippen LogP contribution in [0.2, 0.25) is 0 Å². The molecule has 0 radical (unpaired) electrons. The van der Waals surface area contributed by atoms with Gasteiger partial charge in [-0.3, -0.25) is 72.4 Å². The highest BCUT2D eigenvalue weighted by atomic mass is 16.2. The molecule has 1 aliphatic carbocycles. The van der Waals surface area contributed by atoms with Crippen molar-refractivity contribution in [1.29, 1.82) is 0 Å². The van der Waals surface area contributed by atoms with Gasteiger partial charge < -0.3 is 0 Å².